The van der Waals surface area contributed by atoms with Crippen LogP contribution < -0.4 is 21.6 Å². The minimum atomic E-state index is -1.23. The number of hydrogen-bond donors (Lipinski definition) is 5. The van der Waals surface area contributed by atoms with Crippen LogP contribution in [0.4, 0.5) is 0 Å². The van der Waals surface area contributed by atoms with E-state index in [0.717, 1.165) is 16.0 Å². The van der Waals surface area contributed by atoms with Gasteiger partial charge in [-0.05, 0) is 64.5 Å². The van der Waals surface area contributed by atoms with Gasteiger partial charge < -0.3 is 15.5 Å². The van der Waals surface area contributed by atoms with E-state index in [2.05, 4.69) is 21.6 Å². The number of thiol groups is 1. The predicted molar refractivity (Wildman–Crippen MR) is 213 cm³/mol. The van der Waals surface area contributed by atoms with E-state index in [4.69, 9.17) is 9.68 Å². The number of allylic oxidation sites excluding steroid dienone is 1. The molecule has 301 valence electrons. The molecule has 4 N–H and O–H groups in total. The third kappa shape index (κ3) is 14.4. The minimum absolute atomic E-state index is 0.0000990. The number of nitrogens with one attached hydrogen (secondary N) is 4. The molecule has 55 heavy (non-hydrogen) atoms. The van der Waals surface area contributed by atoms with Gasteiger partial charge in [-0.2, -0.15) is 22.7 Å². The number of ketones is 3. The Hall–Kier alpha value is -4.21. The maximum absolute atomic E-state index is 13.9. The first-order valence-electron chi connectivity index (χ1n) is 18.5. The molecule has 4 unspecified atom stereocenters. The molecular formula is C41H58N5O8S. The van der Waals surface area contributed by atoms with Crippen LogP contribution in [0.2, 0.25) is 0 Å². The van der Waals surface area contributed by atoms with E-state index in [0.29, 0.717) is 11.8 Å². The number of carbonyl (C=O) groups is 6. The van der Waals surface area contributed by atoms with Crippen molar-refractivity contribution in [2.24, 2.45) is 11.8 Å². The van der Waals surface area contributed by atoms with Crippen LogP contribution in [-0.4, -0.2) is 81.2 Å². The van der Waals surface area contributed by atoms with Gasteiger partial charge in [-0.25, -0.2) is 0 Å². The van der Waals surface area contributed by atoms with Crippen LogP contribution in [0.15, 0.2) is 71.8 Å². The average Bonchev–Trinajstić information content (AvgIpc) is 3.60. The van der Waals surface area contributed by atoms with Crippen molar-refractivity contribution in [3.8, 4) is 0 Å². The normalized spacial score (nSPS) is 15.6. The lowest BCUT2D eigenvalue weighted by Crippen LogP contribution is -2.55. The number of rotatable bonds is 19. The molecule has 1 radical (unpaired) electrons. The standard InChI is InChI=1S/C41H58N5O8S/c1-25(2)32(44-53-40(5,6)7)37(50)42-29(21-27-17-13-11-14-18-27)34(47)36(49)31-23-46(24-55-31)39(52)35(48)30(22-28-19-15-12-16-20-28)43-38(51)33(26(3)4)45-54-41(8,9)10/h11-20,23,25-26,29-30,32-33,44-45,55H,21-22,24H2,1-10H3,(H,42,50)(H,43,51). The molecule has 14 heteroatoms. The summed E-state index contributed by atoms with van der Waals surface area (Å²) in [5, 5.41) is 5.51. The largest absolute Gasteiger partial charge is 0.344 e. The maximum atomic E-state index is 13.9. The highest BCUT2D eigenvalue weighted by atomic mass is 32.2. The molecule has 3 rings (SSSR count). The van der Waals surface area contributed by atoms with Gasteiger partial charge in [0.15, 0.2) is 0 Å². The second-order valence-electron chi connectivity index (χ2n) is 16.3. The Balaban J connectivity index is 1.83. The van der Waals surface area contributed by atoms with E-state index in [1.807, 2.05) is 81.4 Å². The second-order valence-corrected chi connectivity index (χ2v) is 17.3. The molecule has 1 aliphatic rings. The molecule has 4 atom stereocenters. The number of hydroxylamine groups is 2. The van der Waals surface area contributed by atoms with Crippen molar-refractivity contribution in [1.82, 2.24) is 26.5 Å². The summed E-state index contributed by atoms with van der Waals surface area (Å²) in [6.45, 7) is 18.3. The highest BCUT2D eigenvalue weighted by Crippen LogP contribution is 2.28. The fraction of sp³-hybridized carbons (Fsp3) is 0.512. The highest BCUT2D eigenvalue weighted by molar-refractivity contribution is 8.04. The van der Waals surface area contributed by atoms with Crippen LogP contribution in [0.5, 0.6) is 0 Å². The molecule has 0 aliphatic carbocycles. The Morgan fingerprint density at radius 1 is 0.655 bits per heavy atom. The molecule has 0 aromatic heterocycles. The number of amides is 3. The zero-order chi connectivity index (χ0) is 41.1. The summed E-state index contributed by atoms with van der Waals surface area (Å²) < 4.78 is 0. The van der Waals surface area contributed by atoms with Gasteiger partial charge in [0.05, 0.1) is 28.0 Å². The van der Waals surface area contributed by atoms with E-state index in [9.17, 15) is 28.8 Å². The van der Waals surface area contributed by atoms with Crippen molar-refractivity contribution in [2.75, 3.05) is 5.88 Å². The quantitative estimate of drug-likeness (QED) is 0.0799. The van der Waals surface area contributed by atoms with E-state index in [-0.39, 0.29) is 35.5 Å². The molecule has 0 spiro atoms. The first-order chi connectivity index (χ1) is 25.7. The van der Waals surface area contributed by atoms with Gasteiger partial charge in [0.2, 0.25) is 29.2 Å². The Kier molecular flexibility index (Phi) is 16.5. The third-order valence-corrected chi connectivity index (χ3v) is 9.42. The summed E-state index contributed by atoms with van der Waals surface area (Å²) in [7, 11) is 0. The predicted octanol–water partition coefficient (Wildman–Crippen LogP) is 3.94. The Morgan fingerprint density at radius 3 is 1.44 bits per heavy atom. The summed E-state index contributed by atoms with van der Waals surface area (Å²) in [6.07, 6.45) is 1.28. The van der Waals surface area contributed by atoms with E-state index < -0.39 is 70.4 Å². The third-order valence-electron chi connectivity index (χ3n) is 8.31. The lowest BCUT2D eigenvalue weighted by molar-refractivity contribution is -0.145. The van der Waals surface area contributed by atoms with Gasteiger partial charge in [0.25, 0.3) is 5.91 Å². The van der Waals surface area contributed by atoms with Gasteiger partial charge in [0.1, 0.15) is 18.1 Å². The van der Waals surface area contributed by atoms with Crippen LogP contribution in [0, 0.1) is 11.8 Å². The van der Waals surface area contributed by atoms with Crippen LogP contribution in [0.1, 0.15) is 80.4 Å². The second kappa shape index (κ2) is 20.1. The summed E-state index contributed by atoms with van der Waals surface area (Å²) in [5.74, 6) is -5.13. The molecule has 2 aromatic carbocycles. The van der Waals surface area contributed by atoms with Gasteiger partial charge >= 0.3 is 0 Å². The topological polar surface area (TPSA) is 172 Å². The molecule has 0 bridgehead atoms. The van der Waals surface area contributed by atoms with Crippen molar-refractivity contribution in [1.29, 1.82) is 0 Å². The molecule has 13 nitrogen and oxygen atoms in total. The SMILES string of the molecule is CC(C)C(NOC(C)(C)C)C(=O)NC(Cc1ccccc1)C(=O)C(=O)C1=CN(C(=O)C(=O)C(Cc2ccccc2)NC(=O)C(NOC(C)(C)C)C(C)C)C[SH]1. The molecular weight excluding hydrogens is 723 g/mol. The van der Waals surface area contributed by atoms with Gasteiger partial charge in [-0.1, -0.05) is 88.4 Å². The number of hydrogen-bond acceptors (Lipinski definition) is 10. The highest BCUT2D eigenvalue weighted by Gasteiger charge is 2.38. The minimum Gasteiger partial charge on any atom is -0.344 e. The monoisotopic (exact) mass is 780 g/mol. The molecule has 3 amide bonds. The average molecular weight is 781 g/mol. The molecule has 1 aliphatic heterocycles. The lowest BCUT2D eigenvalue weighted by atomic mass is 9.98. The van der Waals surface area contributed by atoms with Crippen LogP contribution in [0.3, 0.4) is 0 Å². The van der Waals surface area contributed by atoms with Crippen molar-refractivity contribution in [3.63, 3.8) is 0 Å². The van der Waals surface area contributed by atoms with E-state index >= 15 is 0 Å². The van der Waals surface area contributed by atoms with Crippen LogP contribution in [-0.2, 0) is 51.3 Å². The fourth-order valence-corrected chi connectivity index (χ4v) is 6.31. The van der Waals surface area contributed by atoms with E-state index in [1.54, 1.807) is 48.5 Å². The van der Waals surface area contributed by atoms with Gasteiger partial charge in [-0.3, -0.25) is 38.4 Å². The first-order valence-corrected chi connectivity index (χ1v) is 19.6. The van der Waals surface area contributed by atoms with Crippen LogP contribution >= 0.6 is 11.8 Å². The number of nitrogens with zero attached hydrogens (tertiary/aromatic N) is 1. The maximum Gasteiger partial charge on any atom is 0.296 e. The number of Topliss-reactive ketones (excluding diaryl/α,β-unsaturated/α-hetero) is 3. The molecule has 2 aromatic rings. The Labute approximate surface area is 329 Å². The summed E-state index contributed by atoms with van der Waals surface area (Å²) in [6, 6.07) is 13.8. The van der Waals surface area contributed by atoms with Crippen molar-refractivity contribution >= 4 is 46.8 Å². The lowest BCUT2D eigenvalue weighted by Gasteiger charge is -2.28. The Bertz CT molecular complexity index is 1690. The van der Waals surface area contributed by atoms with Gasteiger partial charge in [-0.15, -0.1) is 0 Å². The van der Waals surface area contributed by atoms with Crippen molar-refractivity contribution in [2.45, 2.75) is 117 Å². The summed E-state index contributed by atoms with van der Waals surface area (Å²) in [5.41, 5.74) is 5.87. The number of benzene rings is 2. The summed E-state index contributed by atoms with van der Waals surface area (Å²) >= 11 is 0.322. The molecule has 0 fully saturated rings. The van der Waals surface area contributed by atoms with Crippen molar-refractivity contribution < 1.29 is 38.4 Å². The zero-order valence-corrected chi connectivity index (χ0v) is 34.5. The molecule has 0 saturated carbocycles. The summed E-state index contributed by atoms with van der Waals surface area (Å²) in [4.78, 5) is 94.6. The zero-order valence-electron chi connectivity index (χ0n) is 33.6. The number of carbonyl (C=O) groups excluding carboxylic acids is 6. The van der Waals surface area contributed by atoms with Crippen LogP contribution in [0.25, 0.3) is 0 Å². The fourth-order valence-electron chi connectivity index (χ4n) is 5.32. The van der Waals surface area contributed by atoms with Crippen molar-refractivity contribution in [3.05, 3.63) is 82.9 Å². The van der Waals surface area contributed by atoms with Gasteiger partial charge in [0, 0.05) is 19.0 Å². The van der Waals surface area contributed by atoms with E-state index in [1.165, 1.54) is 6.20 Å². The molecule has 1 heterocycles. The molecule has 0 saturated heterocycles. The smallest absolute Gasteiger partial charge is 0.296 e. The first kappa shape index (κ1) is 45.2. The Morgan fingerprint density at radius 2 is 1.05 bits per heavy atom.